The molecule has 5 rings (SSSR count). The Morgan fingerprint density at radius 3 is 2.75 bits per heavy atom. The van der Waals surface area contributed by atoms with Gasteiger partial charge in [-0.05, 0) is 48.9 Å². The number of carbonyl (C=O) groups excluding carboxylic acids is 1. The lowest BCUT2D eigenvalue weighted by atomic mass is 10.1. The lowest BCUT2D eigenvalue weighted by Crippen LogP contribution is -2.19. The molecule has 7 nitrogen and oxygen atoms in total. The maximum atomic E-state index is 12.4. The first-order valence-electron chi connectivity index (χ1n) is 10.1. The van der Waals surface area contributed by atoms with E-state index in [1.807, 2.05) is 60.1 Å². The van der Waals surface area contributed by atoms with Crippen LogP contribution < -0.4 is 11.1 Å². The third kappa shape index (κ3) is 3.90. The number of halogens is 1. The highest BCUT2D eigenvalue weighted by molar-refractivity contribution is 6.31. The normalized spacial score (nSPS) is 11.3. The molecule has 0 radical (unpaired) electrons. The highest BCUT2D eigenvalue weighted by atomic mass is 35.5. The lowest BCUT2D eigenvalue weighted by molar-refractivity contribution is -0.116. The van der Waals surface area contributed by atoms with Crippen molar-refractivity contribution in [2.24, 2.45) is 0 Å². The summed E-state index contributed by atoms with van der Waals surface area (Å²) in [5.41, 5.74) is 5.55. The highest BCUT2D eigenvalue weighted by Gasteiger charge is 2.12. The van der Waals surface area contributed by atoms with Gasteiger partial charge in [-0.15, -0.1) is 0 Å². The number of nitrogens with one attached hydrogen (secondary N) is 1. The van der Waals surface area contributed by atoms with Crippen molar-refractivity contribution in [1.29, 1.82) is 0 Å². The fraction of sp³-hybridized carbons (Fsp3) is 0.125. The van der Waals surface area contributed by atoms with Crippen LogP contribution in [0.3, 0.4) is 0 Å². The van der Waals surface area contributed by atoms with Gasteiger partial charge in [0.1, 0.15) is 5.65 Å². The predicted octanol–water partition coefficient (Wildman–Crippen LogP) is 4.90. The first kappa shape index (κ1) is 20.1. The monoisotopic (exact) mass is 446 g/mol. The van der Waals surface area contributed by atoms with Crippen LogP contribution >= 0.6 is 11.6 Å². The molecule has 0 saturated heterocycles. The number of hydrogen-bond acceptors (Lipinski definition) is 4. The molecule has 0 aliphatic heterocycles. The Kier molecular flexibility index (Phi) is 5.03. The predicted molar refractivity (Wildman–Crippen MR) is 124 cm³/mol. The number of carbonyl (C=O) groups is 1. The quantitative estimate of drug-likeness (QED) is 0.416. The second-order valence-corrected chi connectivity index (χ2v) is 8.04. The average molecular weight is 447 g/mol. The summed E-state index contributed by atoms with van der Waals surface area (Å²) in [7, 11) is 0. The largest absolute Gasteiger partial charge is 0.419 e. The minimum Gasteiger partial charge on any atom is -0.408 e. The minimum absolute atomic E-state index is 0.130. The molecule has 160 valence electrons. The van der Waals surface area contributed by atoms with Crippen molar-refractivity contribution in [1.82, 2.24) is 14.0 Å². The van der Waals surface area contributed by atoms with Gasteiger partial charge in [0.05, 0.1) is 11.2 Å². The van der Waals surface area contributed by atoms with Gasteiger partial charge in [-0.2, -0.15) is 0 Å². The molecule has 5 aromatic rings. The van der Waals surface area contributed by atoms with Gasteiger partial charge in [0.2, 0.25) is 5.91 Å². The van der Waals surface area contributed by atoms with E-state index in [1.54, 1.807) is 18.2 Å². The molecule has 3 aromatic heterocycles. The van der Waals surface area contributed by atoms with E-state index in [2.05, 4.69) is 10.3 Å². The van der Waals surface area contributed by atoms with Crippen LogP contribution in [0.25, 0.3) is 28.0 Å². The third-order valence-corrected chi connectivity index (χ3v) is 5.51. The molecule has 0 bridgehead atoms. The molecule has 0 saturated carbocycles. The number of aromatic nitrogens is 3. The van der Waals surface area contributed by atoms with Gasteiger partial charge in [-0.25, -0.2) is 9.78 Å². The summed E-state index contributed by atoms with van der Waals surface area (Å²) < 4.78 is 8.61. The number of oxazole rings is 1. The fourth-order valence-corrected chi connectivity index (χ4v) is 3.80. The van der Waals surface area contributed by atoms with E-state index < -0.39 is 5.76 Å². The van der Waals surface area contributed by atoms with Crippen LogP contribution in [0.5, 0.6) is 0 Å². The summed E-state index contributed by atoms with van der Waals surface area (Å²) in [4.78, 5) is 29.2. The number of anilines is 1. The zero-order valence-corrected chi connectivity index (χ0v) is 18.0. The van der Waals surface area contributed by atoms with Crippen molar-refractivity contribution in [3.8, 4) is 11.3 Å². The Labute approximate surface area is 187 Å². The van der Waals surface area contributed by atoms with Crippen molar-refractivity contribution in [2.45, 2.75) is 19.9 Å². The standard InChI is InChI=1S/C24H19ClN4O3/c1-15-8-10-28-14-19(27-22(28)12-15)16-2-5-18(6-3-16)26-23(30)9-11-29-20-7-4-17(25)13-21(20)32-24(29)31/h2-8,10,12-14H,9,11H2,1H3,(H,26,30). The van der Waals surface area contributed by atoms with Crippen molar-refractivity contribution in [2.75, 3.05) is 5.32 Å². The van der Waals surface area contributed by atoms with Gasteiger partial charge in [0, 0.05) is 47.7 Å². The van der Waals surface area contributed by atoms with Crippen molar-refractivity contribution < 1.29 is 9.21 Å². The Bertz CT molecular complexity index is 1510. The van der Waals surface area contributed by atoms with E-state index >= 15 is 0 Å². The summed E-state index contributed by atoms with van der Waals surface area (Å²) in [6, 6.07) is 16.5. The van der Waals surface area contributed by atoms with Gasteiger partial charge < -0.3 is 14.1 Å². The van der Waals surface area contributed by atoms with Gasteiger partial charge in [-0.1, -0.05) is 23.7 Å². The average Bonchev–Trinajstić information content (AvgIpc) is 3.32. The number of nitrogens with zero attached hydrogens (tertiary/aromatic N) is 3. The van der Waals surface area contributed by atoms with Gasteiger partial charge in [0.15, 0.2) is 5.58 Å². The van der Waals surface area contributed by atoms with Crippen LogP contribution in [0.2, 0.25) is 5.02 Å². The Morgan fingerprint density at radius 2 is 1.94 bits per heavy atom. The van der Waals surface area contributed by atoms with Crippen molar-refractivity contribution in [3.05, 3.63) is 88.1 Å². The highest BCUT2D eigenvalue weighted by Crippen LogP contribution is 2.22. The van der Waals surface area contributed by atoms with Gasteiger partial charge in [-0.3, -0.25) is 9.36 Å². The van der Waals surface area contributed by atoms with E-state index in [1.165, 1.54) is 4.57 Å². The molecule has 3 heterocycles. The van der Waals surface area contributed by atoms with Crippen LogP contribution in [0.1, 0.15) is 12.0 Å². The first-order valence-corrected chi connectivity index (χ1v) is 10.5. The zero-order valence-electron chi connectivity index (χ0n) is 17.2. The number of amides is 1. The van der Waals surface area contributed by atoms with E-state index in [0.29, 0.717) is 21.8 Å². The smallest absolute Gasteiger partial charge is 0.408 e. The molecule has 2 aromatic carbocycles. The third-order valence-electron chi connectivity index (χ3n) is 5.27. The summed E-state index contributed by atoms with van der Waals surface area (Å²) in [5, 5.41) is 3.35. The summed E-state index contributed by atoms with van der Waals surface area (Å²) >= 11 is 5.93. The van der Waals surface area contributed by atoms with Crippen LogP contribution in [0, 0.1) is 6.92 Å². The number of imidazole rings is 1. The van der Waals surface area contributed by atoms with Crippen LogP contribution in [0.15, 0.2) is 76.2 Å². The minimum atomic E-state index is -0.512. The molecular weight excluding hydrogens is 428 g/mol. The summed E-state index contributed by atoms with van der Waals surface area (Å²) in [5.74, 6) is -0.710. The molecule has 0 atom stereocenters. The van der Waals surface area contributed by atoms with E-state index in [-0.39, 0.29) is 18.9 Å². The van der Waals surface area contributed by atoms with Gasteiger partial charge in [0.25, 0.3) is 0 Å². The molecule has 1 N–H and O–H groups in total. The fourth-order valence-electron chi connectivity index (χ4n) is 3.64. The molecule has 0 aliphatic carbocycles. The van der Waals surface area contributed by atoms with E-state index in [9.17, 15) is 9.59 Å². The number of pyridine rings is 1. The molecule has 1 amide bonds. The maximum Gasteiger partial charge on any atom is 0.419 e. The van der Waals surface area contributed by atoms with E-state index in [0.717, 1.165) is 22.5 Å². The summed E-state index contributed by atoms with van der Waals surface area (Å²) in [6.07, 6.45) is 4.09. The van der Waals surface area contributed by atoms with Gasteiger partial charge >= 0.3 is 5.76 Å². The molecule has 0 unspecified atom stereocenters. The second kappa shape index (κ2) is 8.01. The number of fused-ring (bicyclic) bond motifs is 2. The molecular formula is C24H19ClN4O3. The van der Waals surface area contributed by atoms with Crippen LogP contribution in [-0.2, 0) is 11.3 Å². The molecule has 32 heavy (non-hydrogen) atoms. The number of aryl methyl sites for hydroxylation is 2. The van der Waals surface area contributed by atoms with Crippen LogP contribution in [-0.4, -0.2) is 19.9 Å². The van der Waals surface area contributed by atoms with Crippen molar-refractivity contribution >= 4 is 39.9 Å². The Morgan fingerprint density at radius 1 is 1.12 bits per heavy atom. The van der Waals surface area contributed by atoms with Crippen LogP contribution in [0.4, 0.5) is 5.69 Å². The molecule has 8 heteroatoms. The summed E-state index contributed by atoms with van der Waals surface area (Å²) in [6.45, 7) is 2.24. The number of rotatable bonds is 5. The number of benzene rings is 2. The van der Waals surface area contributed by atoms with E-state index in [4.69, 9.17) is 16.0 Å². The molecule has 0 fully saturated rings. The second-order valence-electron chi connectivity index (χ2n) is 7.60. The Hall–Kier alpha value is -3.84. The molecule has 0 aliphatic rings. The Balaban J connectivity index is 1.26. The lowest BCUT2D eigenvalue weighted by Gasteiger charge is -2.06. The molecule has 0 spiro atoms. The number of hydrogen-bond donors (Lipinski definition) is 1. The SMILES string of the molecule is Cc1ccn2cc(-c3ccc(NC(=O)CCn4c(=O)oc5cc(Cl)ccc54)cc3)nc2c1. The maximum absolute atomic E-state index is 12.4. The first-order chi connectivity index (χ1) is 15.5. The zero-order chi connectivity index (χ0) is 22.2. The topological polar surface area (TPSA) is 81.5 Å². The van der Waals surface area contributed by atoms with Crippen molar-refractivity contribution in [3.63, 3.8) is 0 Å².